The van der Waals surface area contributed by atoms with Crippen molar-refractivity contribution in [3.8, 4) is 5.75 Å². The van der Waals surface area contributed by atoms with Gasteiger partial charge in [-0.3, -0.25) is 9.69 Å². The molecular weight excluding hydrogens is 492 g/mol. The number of fused-ring (bicyclic) bond motifs is 1. The van der Waals surface area contributed by atoms with Gasteiger partial charge < -0.3 is 14.1 Å². The summed E-state index contributed by atoms with van der Waals surface area (Å²) in [6.07, 6.45) is 6.00. The van der Waals surface area contributed by atoms with Gasteiger partial charge in [-0.25, -0.2) is 4.68 Å². The van der Waals surface area contributed by atoms with Gasteiger partial charge >= 0.3 is 0 Å². The second-order valence-corrected chi connectivity index (χ2v) is 10.0. The molecule has 1 N–H and O–H groups in total. The van der Waals surface area contributed by atoms with Crippen molar-refractivity contribution in [1.82, 2.24) is 30.1 Å². The predicted molar refractivity (Wildman–Crippen MR) is 147 cm³/mol. The third-order valence-electron chi connectivity index (χ3n) is 7.42. The lowest BCUT2D eigenvalue weighted by Gasteiger charge is -2.31. The van der Waals surface area contributed by atoms with Crippen LogP contribution in [0.3, 0.4) is 0 Å². The van der Waals surface area contributed by atoms with Crippen LogP contribution in [0.15, 0.2) is 82.2 Å². The van der Waals surface area contributed by atoms with Crippen LogP contribution >= 0.6 is 0 Å². The van der Waals surface area contributed by atoms with Crippen LogP contribution in [0, 0.1) is 0 Å². The number of ether oxygens (including phenoxy) is 1. The molecule has 3 aromatic heterocycles. The summed E-state index contributed by atoms with van der Waals surface area (Å²) in [7, 11) is 0. The molecule has 0 radical (unpaired) electrons. The summed E-state index contributed by atoms with van der Waals surface area (Å²) in [6.45, 7) is 3.56. The number of aromatic nitrogens is 5. The molecule has 5 aromatic rings. The van der Waals surface area contributed by atoms with Gasteiger partial charge in [0.25, 0.3) is 5.56 Å². The van der Waals surface area contributed by atoms with Gasteiger partial charge in [-0.2, -0.15) is 0 Å². The van der Waals surface area contributed by atoms with E-state index in [1.54, 1.807) is 6.26 Å². The Hall–Kier alpha value is -4.24. The van der Waals surface area contributed by atoms with Gasteiger partial charge in [0.2, 0.25) is 0 Å². The number of pyridine rings is 1. The smallest absolute Gasteiger partial charge is 0.253 e. The zero-order chi connectivity index (χ0) is 26.6. The first-order valence-corrected chi connectivity index (χ1v) is 13.6. The average Bonchev–Trinajstić information content (AvgIpc) is 3.73. The van der Waals surface area contributed by atoms with Crippen molar-refractivity contribution >= 4 is 10.9 Å². The number of hydrogen-bond donors (Lipinski definition) is 1. The maximum absolute atomic E-state index is 13.8. The summed E-state index contributed by atoms with van der Waals surface area (Å²) >= 11 is 0. The predicted octanol–water partition coefficient (Wildman–Crippen LogP) is 5.41. The quantitative estimate of drug-likeness (QED) is 0.260. The van der Waals surface area contributed by atoms with Crippen molar-refractivity contribution in [2.75, 3.05) is 6.61 Å². The number of tetrazole rings is 1. The van der Waals surface area contributed by atoms with E-state index in [2.05, 4.69) is 37.5 Å². The Labute approximate surface area is 226 Å². The Kier molecular flexibility index (Phi) is 7.23. The van der Waals surface area contributed by atoms with Gasteiger partial charge in [-0.1, -0.05) is 43.2 Å². The molecule has 3 heterocycles. The van der Waals surface area contributed by atoms with Gasteiger partial charge in [-0.05, 0) is 72.2 Å². The van der Waals surface area contributed by atoms with Crippen LogP contribution in [-0.4, -0.2) is 36.7 Å². The maximum atomic E-state index is 13.8. The first-order valence-electron chi connectivity index (χ1n) is 13.6. The van der Waals surface area contributed by atoms with Crippen LogP contribution in [-0.2, 0) is 13.1 Å². The third kappa shape index (κ3) is 5.35. The van der Waals surface area contributed by atoms with E-state index in [1.807, 2.05) is 66.2 Å². The van der Waals surface area contributed by atoms with Crippen LogP contribution in [0.2, 0.25) is 0 Å². The lowest BCUT2D eigenvalue weighted by molar-refractivity contribution is 0.176. The zero-order valence-corrected chi connectivity index (χ0v) is 22.0. The van der Waals surface area contributed by atoms with Crippen LogP contribution in [0.4, 0.5) is 0 Å². The SMILES string of the molecule is CCOc1ccc2[nH]c(=O)c(C(c3nnnn3C3CCCC3)N(Cc3ccccc3)Cc3ccco3)cc2c1. The molecule has 6 rings (SSSR count). The number of nitrogens with one attached hydrogen (secondary N) is 1. The van der Waals surface area contributed by atoms with E-state index >= 15 is 0 Å². The minimum Gasteiger partial charge on any atom is -0.494 e. The number of rotatable bonds is 10. The molecule has 0 aliphatic heterocycles. The summed E-state index contributed by atoms with van der Waals surface area (Å²) in [5.41, 5.74) is 2.27. The first kappa shape index (κ1) is 25.1. The van der Waals surface area contributed by atoms with E-state index in [-0.39, 0.29) is 11.6 Å². The average molecular weight is 525 g/mol. The molecule has 0 bridgehead atoms. The van der Waals surface area contributed by atoms with Gasteiger partial charge in [-0.15, -0.1) is 5.10 Å². The molecule has 2 aromatic carbocycles. The van der Waals surface area contributed by atoms with Crippen molar-refractivity contribution in [2.24, 2.45) is 0 Å². The lowest BCUT2D eigenvalue weighted by atomic mass is 10.0. The summed E-state index contributed by atoms with van der Waals surface area (Å²) in [4.78, 5) is 19.1. The highest BCUT2D eigenvalue weighted by molar-refractivity contribution is 5.80. The van der Waals surface area contributed by atoms with Crippen LogP contribution in [0.5, 0.6) is 5.75 Å². The fourth-order valence-electron chi connectivity index (χ4n) is 5.61. The van der Waals surface area contributed by atoms with Crippen molar-refractivity contribution in [3.05, 3.63) is 106 Å². The zero-order valence-electron chi connectivity index (χ0n) is 22.0. The molecule has 9 nitrogen and oxygen atoms in total. The van der Waals surface area contributed by atoms with E-state index in [9.17, 15) is 4.79 Å². The first-order chi connectivity index (χ1) is 19.2. The molecule has 1 saturated carbocycles. The van der Waals surface area contributed by atoms with Gasteiger partial charge in [0.05, 0.1) is 25.5 Å². The van der Waals surface area contributed by atoms with Crippen molar-refractivity contribution < 1.29 is 9.15 Å². The Morgan fingerprint density at radius 1 is 1.08 bits per heavy atom. The number of benzene rings is 2. The highest BCUT2D eigenvalue weighted by Crippen LogP contribution is 2.35. The lowest BCUT2D eigenvalue weighted by Crippen LogP contribution is -2.35. The number of aromatic amines is 1. The van der Waals surface area contributed by atoms with E-state index in [0.29, 0.717) is 31.1 Å². The molecule has 1 atom stereocenters. The summed E-state index contributed by atoms with van der Waals surface area (Å²) in [5.74, 6) is 2.22. The molecular formula is C30H32N6O3. The van der Waals surface area contributed by atoms with Crippen LogP contribution < -0.4 is 10.3 Å². The molecule has 200 valence electrons. The number of hydrogen-bond acceptors (Lipinski definition) is 7. The topological polar surface area (TPSA) is 102 Å². The van der Waals surface area contributed by atoms with Gasteiger partial charge in [0, 0.05) is 23.0 Å². The highest BCUT2D eigenvalue weighted by Gasteiger charge is 2.33. The second-order valence-electron chi connectivity index (χ2n) is 10.0. The van der Waals surface area contributed by atoms with Gasteiger partial charge in [0.1, 0.15) is 17.6 Å². The molecule has 9 heteroatoms. The maximum Gasteiger partial charge on any atom is 0.253 e. The van der Waals surface area contributed by atoms with E-state index in [0.717, 1.165) is 53.7 Å². The van der Waals surface area contributed by atoms with E-state index in [1.165, 1.54) is 0 Å². The van der Waals surface area contributed by atoms with Crippen LogP contribution in [0.1, 0.15) is 67.4 Å². The summed E-state index contributed by atoms with van der Waals surface area (Å²) < 4.78 is 13.5. The minimum atomic E-state index is -0.519. The minimum absolute atomic E-state index is 0.171. The molecule has 1 aliphatic rings. The standard InChI is InChI=1S/C30H32N6O3/c1-2-38-24-14-15-27-22(17-24)18-26(30(37)31-27)28(29-32-33-34-36(29)23-11-6-7-12-23)35(20-25-13-8-16-39-25)19-21-9-4-3-5-10-21/h3-5,8-10,13-18,23,28H,2,6-7,11-12,19-20H2,1H3,(H,31,37). The largest absolute Gasteiger partial charge is 0.494 e. The molecule has 0 saturated heterocycles. The van der Waals surface area contributed by atoms with Crippen molar-refractivity contribution in [2.45, 2.75) is 57.8 Å². The van der Waals surface area contributed by atoms with E-state index in [4.69, 9.17) is 9.15 Å². The Balaban J connectivity index is 1.52. The molecule has 0 amide bonds. The molecule has 1 unspecified atom stereocenters. The summed E-state index contributed by atoms with van der Waals surface area (Å²) in [6, 6.07) is 21.4. The van der Waals surface area contributed by atoms with Crippen molar-refractivity contribution in [1.29, 1.82) is 0 Å². The summed E-state index contributed by atoms with van der Waals surface area (Å²) in [5, 5.41) is 14.0. The third-order valence-corrected chi connectivity index (χ3v) is 7.42. The number of H-pyrrole nitrogens is 1. The molecule has 1 fully saturated rings. The van der Waals surface area contributed by atoms with E-state index < -0.39 is 6.04 Å². The molecule has 1 aliphatic carbocycles. The number of furan rings is 1. The van der Waals surface area contributed by atoms with Crippen molar-refractivity contribution in [3.63, 3.8) is 0 Å². The fourth-order valence-corrected chi connectivity index (χ4v) is 5.61. The Morgan fingerprint density at radius 3 is 2.69 bits per heavy atom. The Bertz CT molecular complexity index is 1570. The fraction of sp³-hybridized carbons (Fsp3) is 0.333. The molecule has 39 heavy (non-hydrogen) atoms. The second kappa shape index (κ2) is 11.2. The van der Waals surface area contributed by atoms with Crippen LogP contribution in [0.25, 0.3) is 10.9 Å². The normalized spacial score (nSPS) is 14.8. The molecule has 0 spiro atoms. The highest BCUT2D eigenvalue weighted by atomic mass is 16.5. The van der Waals surface area contributed by atoms with Gasteiger partial charge in [0.15, 0.2) is 5.82 Å². The number of nitrogens with zero attached hydrogens (tertiary/aromatic N) is 5. The Morgan fingerprint density at radius 2 is 1.92 bits per heavy atom. The monoisotopic (exact) mass is 524 g/mol.